The van der Waals surface area contributed by atoms with E-state index in [1.165, 1.54) is 0 Å². The quantitative estimate of drug-likeness (QED) is 0.908. The molecule has 2 aliphatic heterocycles. The van der Waals surface area contributed by atoms with Gasteiger partial charge in [0.2, 0.25) is 5.89 Å². The van der Waals surface area contributed by atoms with E-state index < -0.39 is 0 Å². The maximum Gasteiger partial charge on any atom is 0.321 e. The van der Waals surface area contributed by atoms with E-state index >= 15 is 0 Å². The molecule has 7 nitrogen and oxygen atoms in total. The second-order valence-electron chi connectivity index (χ2n) is 6.88. The molecule has 0 bridgehead atoms. The van der Waals surface area contributed by atoms with Gasteiger partial charge in [0.1, 0.15) is 0 Å². The molecule has 132 valence electrons. The molecular formula is C18H22N4O3. The standard InChI is InChI=1S/C18H22N4O3/c1-13-19-16(25-21-13)15-11-22(12-18(15)7-9-24-10-8-18)17(23)20-14-5-3-2-4-6-14/h2-6,15H,7-12H2,1H3,(H,20,23)/t15-/m0/s1. The topological polar surface area (TPSA) is 80.5 Å². The number of urea groups is 1. The molecule has 3 heterocycles. The van der Waals surface area contributed by atoms with Crippen LogP contribution in [0.3, 0.4) is 0 Å². The molecule has 2 fully saturated rings. The highest BCUT2D eigenvalue weighted by molar-refractivity contribution is 5.89. The molecule has 2 saturated heterocycles. The summed E-state index contributed by atoms with van der Waals surface area (Å²) in [6.07, 6.45) is 1.79. The third-order valence-electron chi connectivity index (χ3n) is 5.29. The Labute approximate surface area is 146 Å². The number of likely N-dealkylation sites (tertiary alicyclic amines) is 1. The van der Waals surface area contributed by atoms with Gasteiger partial charge in [-0.05, 0) is 31.9 Å². The zero-order chi connectivity index (χ0) is 17.3. The van der Waals surface area contributed by atoms with Crippen molar-refractivity contribution in [2.75, 3.05) is 31.6 Å². The van der Waals surface area contributed by atoms with Gasteiger partial charge in [-0.2, -0.15) is 4.98 Å². The summed E-state index contributed by atoms with van der Waals surface area (Å²) in [4.78, 5) is 19.0. The Hall–Kier alpha value is -2.41. The molecule has 1 atom stereocenters. The van der Waals surface area contributed by atoms with Crippen LogP contribution in [0.15, 0.2) is 34.9 Å². The van der Waals surface area contributed by atoms with Crippen molar-refractivity contribution in [1.29, 1.82) is 0 Å². The van der Waals surface area contributed by atoms with Crippen molar-refractivity contribution < 1.29 is 14.1 Å². The van der Waals surface area contributed by atoms with Gasteiger partial charge in [0.25, 0.3) is 0 Å². The lowest BCUT2D eigenvalue weighted by Crippen LogP contribution is -2.38. The van der Waals surface area contributed by atoms with Crippen LogP contribution in [0.4, 0.5) is 10.5 Å². The molecule has 25 heavy (non-hydrogen) atoms. The lowest BCUT2D eigenvalue weighted by atomic mass is 9.72. The van der Waals surface area contributed by atoms with Crippen LogP contribution < -0.4 is 5.32 Å². The fourth-order valence-corrected chi connectivity index (χ4v) is 3.93. The minimum Gasteiger partial charge on any atom is -0.381 e. The van der Waals surface area contributed by atoms with E-state index in [0.717, 1.165) is 18.5 Å². The van der Waals surface area contributed by atoms with Gasteiger partial charge in [-0.1, -0.05) is 23.4 Å². The predicted octanol–water partition coefficient (Wildman–Crippen LogP) is 2.81. The summed E-state index contributed by atoms with van der Waals surface area (Å²) in [5.41, 5.74) is 0.747. The SMILES string of the molecule is Cc1noc([C@@H]2CN(C(=O)Nc3ccccc3)CC23CCOCC3)n1. The molecule has 7 heteroatoms. The number of nitrogens with one attached hydrogen (secondary N) is 1. The number of carbonyl (C=O) groups is 1. The first-order valence-electron chi connectivity index (χ1n) is 8.65. The van der Waals surface area contributed by atoms with Crippen LogP contribution in [-0.2, 0) is 4.74 Å². The van der Waals surface area contributed by atoms with E-state index in [0.29, 0.717) is 38.0 Å². The monoisotopic (exact) mass is 342 g/mol. The molecule has 1 spiro atoms. The number of amides is 2. The molecule has 1 N–H and O–H groups in total. The van der Waals surface area contributed by atoms with Gasteiger partial charge in [-0.3, -0.25) is 0 Å². The van der Waals surface area contributed by atoms with E-state index in [1.807, 2.05) is 42.2 Å². The highest BCUT2D eigenvalue weighted by atomic mass is 16.5. The van der Waals surface area contributed by atoms with Crippen molar-refractivity contribution in [3.8, 4) is 0 Å². The average molecular weight is 342 g/mol. The molecule has 0 radical (unpaired) electrons. The Morgan fingerprint density at radius 2 is 2.04 bits per heavy atom. The van der Waals surface area contributed by atoms with Gasteiger partial charge in [-0.15, -0.1) is 0 Å². The Balaban J connectivity index is 1.56. The molecule has 2 aromatic rings. The zero-order valence-corrected chi connectivity index (χ0v) is 14.3. The number of nitrogens with zero attached hydrogens (tertiary/aromatic N) is 3. The van der Waals surface area contributed by atoms with E-state index in [-0.39, 0.29) is 17.4 Å². The van der Waals surface area contributed by atoms with Crippen LogP contribution in [0.25, 0.3) is 0 Å². The van der Waals surface area contributed by atoms with Gasteiger partial charge in [-0.25, -0.2) is 4.79 Å². The summed E-state index contributed by atoms with van der Waals surface area (Å²) >= 11 is 0. The smallest absolute Gasteiger partial charge is 0.321 e. The Morgan fingerprint density at radius 3 is 2.72 bits per heavy atom. The van der Waals surface area contributed by atoms with Crippen molar-refractivity contribution in [2.24, 2.45) is 5.41 Å². The molecule has 4 rings (SSSR count). The maximum absolute atomic E-state index is 12.7. The first kappa shape index (κ1) is 16.1. The molecule has 2 amide bonds. The number of aromatic nitrogens is 2. The Kier molecular flexibility index (Phi) is 4.17. The van der Waals surface area contributed by atoms with E-state index in [2.05, 4.69) is 15.5 Å². The molecule has 2 aliphatic rings. The van der Waals surface area contributed by atoms with Crippen LogP contribution in [0, 0.1) is 12.3 Å². The molecule has 1 aromatic carbocycles. The fourth-order valence-electron chi connectivity index (χ4n) is 3.93. The first-order valence-corrected chi connectivity index (χ1v) is 8.65. The second kappa shape index (κ2) is 6.48. The summed E-state index contributed by atoms with van der Waals surface area (Å²) in [6, 6.07) is 9.42. The normalized spacial score (nSPS) is 22.3. The molecule has 0 saturated carbocycles. The number of para-hydroxylation sites is 1. The number of rotatable bonds is 2. The maximum atomic E-state index is 12.7. The van der Waals surface area contributed by atoms with Crippen molar-refractivity contribution in [1.82, 2.24) is 15.0 Å². The van der Waals surface area contributed by atoms with Gasteiger partial charge in [0, 0.05) is 37.4 Å². The summed E-state index contributed by atoms with van der Waals surface area (Å²) in [5.74, 6) is 1.32. The highest BCUT2D eigenvalue weighted by Gasteiger charge is 2.51. The van der Waals surface area contributed by atoms with Crippen molar-refractivity contribution >= 4 is 11.7 Å². The highest BCUT2D eigenvalue weighted by Crippen LogP contribution is 2.49. The van der Waals surface area contributed by atoms with Gasteiger partial charge < -0.3 is 19.5 Å². The molecule has 0 aliphatic carbocycles. The lowest BCUT2D eigenvalue weighted by molar-refractivity contribution is 0.00959. The van der Waals surface area contributed by atoms with Crippen LogP contribution in [-0.4, -0.2) is 47.4 Å². The lowest BCUT2D eigenvalue weighted by Gasteiger charge is -2.36. The number of ether oxygens (including phenoxy) is 1. The van der Waals surface area contributed by atoms with Crippen LogP contribution in [0.5, 0.6) is 0 Å². The Bertz CT molecular complexity index is 740. The fraction of sp³-hybridized carbons (Fsp3) is 0.500. The minimum atomic E-state index is -0.0872. The van der Waals surface area contributed by atoms with Gasteiger partial charge >= 0.3 is 6.03 Å². The van der Waals surface area contributed by atoms with E-state index in [4.69, 9.17) is 9.26 Å². The van der Waals surface area contributed by atoms with Crippen LogP contribution in [0.2, 0.25) is 0 Å². The number of aryl methyl sites for hydroxylation is 1. The number of anilines is 1. The summed E-state index contributed by atoms with van der Waals surface area (Å²) < 4.78 is 11.0. The summed E-state index contributed by atoms with van der Waals surface area (Å²) in [5, 5.41) is 6.91. The average Bonchev–Trinajstić information content (AvgIpc) is 3.20. The first-order chi connectivity index (χ1) is 12.2. The zero-order valence-electron chi connectivity index (χ0n) is 14.3. The van der Waals surface area contributed by atoms with Gasteiger partial charge in [0.15, 0.2) is 5.82 Å². The van der Waals surface area contributed by atoms with Crippen molar-refractivity contribution in [3.05, 3.63) is 42.0 Å². The number of hydrogen-bond donors (Lipinski definition) is 1. The minimum absolute atomic E-state index is 0.0503. The third kappa shape index (κ3) is 3.11. The number of benzene rings is 1. The van der Waals surface area contributed by atoms with Gasteiger partial charge in [0.05, 0.1) is 5.92 Å². The number of carbonyl (C=O) groups excluding carboxylic acids is 1. The number of hydrogen-bond acceptors (Lipinski definition) is 5. The van der Waals surface area contributed by atoms with Crippen molar-refractivity contribution in [2.45, 2.75) is 25.7 Å². The summed E-state index contributed by atoms with van der Waals surface area (Å²) in [6.45, 7) is 4.50. The Morgan fingerprint density at radius 1 is 1.28 bits per heavy atom. The van der Waals surface area contributed by atoms with E-state index in [1.54, 1.807) is 0 Å². The molecular weight excluding hydrogens is 320 g/mol. The molecule has 1 aromatic heterocycles. The largest absolute Gasteiger partial charge is 0.381 e. The van der Waals surface area contributed by atoms with Crippen LogP contribution >= 0.6 is 0 Å². The van der Waals surface area contributed by atoms with E-state index in [9.17, 15) is 4.79 Å². The molecule has 0 unspecified atom stereocenters. The summed E-state index contributed by atoms with van der Waals surface area (Å²) in [7, 11) is 0. The van der Waals surface area contributed by atoms with Crippen LogP contribution in [0.1, 0.15) is 30.5 Å². The predicted molar refractivity (Wildman–Crippen MR) is 91.3 cm³/mol. The van der Waals surface area contributed by atoms with Crippen molar-refractivity contribution in [3.63, 3.8) is 0 Å². The second-order valence-corrected chi connectivity index (χ2v) is 6.88. The third-order valence-corrected chi connectivity index (χ3v) is 5.29.